The third kappa shape index (κ3) is 6.05. The van der Waals surface area contributed by atoms with Gasteiger partial charge in [-0.15, -0.1) is 0 Å². The minimum absolute atomic E-state index is 0.0650. The van der Waals surface area contributed by atoms with E-state index in [-0.39, 0.29) is 23.3 Å². The first-order chi connectivity index (χ1) is 13.5. The van der Waals surface area contributed by atoms with E-state index in [0.29, 0.717) is 17.4 Å². The van der Waals surface area contributed by atoms with Gasteiger partial charge in [0, 0.05) is 17.9 Å². The van der Waals surface area contributed by atoms with Crippen LogP contribution in [0.2, 0.25) is 0 Å². The Bertz CT molecular complexity index is 959. The fraction of sp³-hybridized carbons (Fsp3) is 0.421. The maximum atomic E-state index is 11.8. The molecule has 0 unspecified atom stereocenters. The van der Waals surface area contributed by atoms with Crippen molar-refractivity contribution in [1.82, 2.24) is 9.97 Å². The van der Waals surface area contributed by atoms with Gasteiger partial charge in [0.1, 0.15) is 11.6 Å². The van der Waals surface area contributed by atoms with Gasteiger partial charge in [-0.2, -0.15) is 13.4 Å². The zero-order valence-electron chi connectivity index (χ0n) is 17.1. The van der Waals surface area contributed by atoms with E-state index in [1.165, 1.54) is 18.3 Å². The van der Waals surface area contributed by atoms with Crippen LogP contribution >= 0.6 is 0 Å². The molecular weight excluding hydrogens is 394 g/mol. The summed E-state index contributed by atoms with van der Waals surface area (Å²) in [6.45, 7) is 9.17. The van der Waals surface area contributed by atoms with E-state index in [0.717, 1.165) is 0 Å². The molecule has 1 amide bonds. The Hall–Kier alpha value is -2.88. The summed E-state index contributed by atoms with van der Waals surface area (Å²) in [5.41, 5.74) is 6.23. The zero-order chi connectivity index (χ0) is 21.8. The van der Waals surface area contributed by atoms with Crippen LogP contribution in [0.3, 0.4) is 0 Å². The normalized spacial score (nSPS) is 12.7. The highest BCUT2D eigenvalue weighted by Gasteiger charge is 2.18. The van der Waals surface area contributed by atoms with E-state index in [9.17, 15) is 13.2 Å². The van der Waals surface area contributed by atoms with Gasteiger partial charge in [-0.3, -0.25) is 4.79 Å². The van der Waals surface area contributed by atoms with Crippen LogP contribution in [-0.4, -0.2) is 35.6 Å². The number of aromatic nitrogens is 2. The third-order valence-electron chi connectivity index (χ3n) is 4.32. The van der Waals surface area contributed by atoms with E-state index < -0.39 is 21.3 Å². The molecule has 0 bridgehead atoms. The molecule has 1 atom stereocenters. The number of anilines is 3. The summed E-state index contributed by atoms with van der Waals surface area (Å²) >= 11 is 0. The lowest BCUT2D eigenvalue weighted by molar-refractivity contribution is 0.100. The first kappa shape index (κ1) is 22.4. The minimum atomic E-state index is -3.66. The standard InChI is InChI=1S/C19H27N5O4S/c1-11(2)13(5)22-18-16(17(20)25)10-21-19(24-18)23-14-6-8-15(9-7-14)28-29(26,27)12(3)4/h6-13H,1-5H3,(H2,20,25)(H2,21,22,23,24)/t13-/m1/s1. The fourth-order valence-electron chi connectivity index (χ4n) is 2.07. The summed E-state index contributed by atoms with van der Waals surface area (Å²) in [6, 6.07) is 6.40. The highest BCUT2D eigenvalue weighted by Crippen LogP contribution is 2.22. The monoisotopic (exact) mass is 421 g/mol. The molecule has 29 heavy (non-hydrogen) atoms. The smallest absolute Gasteiger partial charge is 0.311 e. The molecule has 9 nitrogen and oxygen atoms in total. The summed E-state index contributed by atoms with van der Waals surface area (Å²) < 4.78 is 28.7. The van der Waals surface area contributed by atoms with Crippen molar-refractivity contribution >= 4 is 33.5 Å². The molecule has 10 heteroatoms. The van der Waals surface area contributed by atoms with Crippen LogP contribution in [0.4, 0.5) is 17.5 Å². The molecule has 0 radical (unpaired) electrons. The molecule has 0 aliphatic heterocycles. The molecule has 0 aliphatic rings. The van der Waals surface area contributed by atoms with Crippen molar-refractivity contribution in [2.75, 3.05) is 10.6 Å². The van der Waals surface area contributed by atoms with E-state index >= 15 is 0 Å². The molecule has 2 aromatic rings. The number of nitrogens with one attached hydrogen (secondary N) is 2. The molecule has 1 aromatic carbocycles. The first-order valence-corrected chi connectivity index (χ1v) is 10.7. The number of amides is 1. The molecule has 1 heterocycles. The van der Waals surface area contributed by atoms with Crippen LogP contribution in [0.5, 0.6) is 5.75 Å². The predicted octanol–water partition coefficient (Wildman–Crippen LogP) is 2.89. The Morgan fingerprint density at radius 2 is 1.72 bits per heavy atom. The minimum Gasteiger partial charge on any atom is -0.382 e. The average molecular weight is 422 g/mol. The Morgan fingerprint density at radius 3 is 2.24 bits per heavy atom. The van der Waals surface area contributed by atoms with E-state index in [1.807, 2.05) is 20.8 Å². The maximum Gasteiger partial charge on any atom is 0.311 e. The number of carbonyl (C=O) groups is 1. The molecule has 2 rings (SSSR count). The Kier molecular flexibility index (Phi) is 7.02. The van der Waals surface area contributed by atoms with Crippen LogP contribution in [0.15, 0.2) is 30.5 Å². The highest BCUT2D eigenvalue weighted by atomic mass is 32.2. The second kappa shape index (κ2) is 9.08. The lowest BCUT2D eigenvalue weighted by Crippen LogP contribution is -2.25. The van der Waals surface area contributed by atoms with Gasteiger partial charge in [0.15, 0.2) is 0 Å². The van der Waals surface area contributed by atoms with Crippen molar-refractivity contribution in [1.29, 1.82) is 0 Å². The van der Waals surface area contributed by atoms with Crippen LogP contribution in [-0.2, 0) is 10.1 Å². The zero-order valence-corrected chi connectivity index (χ0v) is 17.9. The summed E-state index contributed by atoms with van der Waals surface area (Å²) in [5.74, 6) is 0.512. The van der Waals surface area contributed by atoms with Crippen molar-refractivity contribution in [3.8, 4) is 5.75 Å². The van der Waals surface area contributed by atoms with Gasteiger partial charge in [0.05, 0.1) is 10.8 Å². The molecule has 0 spiro atoms. The van der Waals surface area contributed by atoms with Gasteiger partial charge in [-0.1, -0.05) is 13.8 Å². The van der Waals surface area contributed by atoms with Gasteiger partial charge in [0.25, 0.3) is 5.91 Å². The molecular formula is C19H27N5O4S. The number of rotatable bonds is 9. The van der Waals surface area contributed by atoms with Gasteiger partial charge >= 0.3 is 10.1 Å². The Balaban J connectivity index is 2.20. The molecule has 158 valence electrons. The van der Waals surface area contributed by atoms with E-state index in [1.54, 1.807) is 26.0 Å². The van der Waals surface area contributed by atoms with Gasteiger partial charge in [-0.25, -0.2) is 4.98 Å². The molecule has 4 N–H and O–H groups in total. The topological polar surface area (TPSA) is 136 Å². The van der Waals surface area contributed by atoms with E-state index in [2.05, 4.69) is 20.6 Å². The molecule has 0 saturated carbocycles. The first-order valence-electron chi connectivity index (χ1n) is 9.23. The van der Waals surface area contributed by atoms with Crippen LogP contribution in [0.25, 0.3) is 0 Å². The van der Waals surface area contributed by atoms with E-state index in [4.69, 9.17) is 9.92 Å². The van der Waals surface area contributed by atoms with Crippen LogP contribution < -0.4 is 20.6 Å². The van der Waals surface area contributed by atoms with Crippen LogP contribution in [0.1, 0.15) is 45.0 Å². The maximum absolute atomic E-state index is 11.8. The van der Waals surface area contributed by atoms with Crippen molar-refractivity contribution in [2.45, 2.75) is 45.9 Å². The molecule has 0 fully saturated rings. The quantitative estimate of drug-likeness (QED) is 0.526. The predicted molar refractivity (Wildman–Crippen MR) is 113 cm³/mol. The van der Waals surface area contributed by atoms with Gasteiger partial charge in [-0.05, 0) is 51.0 Å². The number of hydrogen-bond donors (Lipinski definition) is 3. The summed E-state index contributed by atoms with van der Waals surface area (Å²) in [6.07, 6.45) is 1.36. The Labute approximate surface area is 171 Å². The SMILES string of the molecule is CC(C)[C@@H](C)Nc1nc(Nc2ccc(OS(=O)(=O)C(C)C)cc2)ncc1C(N)=O. The molecule has 0 aliphatic carbocycles. The van der Waals surface area contributed by atoms with Crippen molar-refractivity contribution in [2.24, 2.45) is 11.7 Å². The summed E-state index contributed by atoms with van der Waals surface area (Å²) in [7, 11) is -3.66. The largest absolute Gasteiger partial charge is 0.382 e. The number of benzene rings is 1. The van der Waals surface area contributed by atoms with Crippen LogP contribution in [0, 0.1) is 5.92 Å². The van der Waals surface area contributed by atoms with Crippen molar-refractivity contribution < 1.29 is 17.4 Å². The number of nitrogens with two attached hydrogens (primary N) is 1. The van der Waals surface area contributed by atoms with Gasteiger partial charge < -0.3 is 20.6 Å². The number of hydrogen-bond acceptors (Lipinski definition) is 8. The lowest BCUT2D eigenvalue weighted by Gasteiger charge is -2.19. The lowest BCUT2D eigenvalue weighted by atomic mass is 10.1. The second-order valence-electron chi connectivity index (χ2n) is 7.27. The molecule has 1 aromatic heterocycles. The van der Waals surface area contributed by atoms with Crippen molar-refractivity contribution in [3.05, 3.63) is 36.0 Å². The Morgan fingerprint density at radius 1 is 1.10 bits per heavy atom. The van der Waals surface area contributed by atoms with Crippen molar-refractivity contribution in [3.63, 3.8) is 0 Å². The average Bonchev–Trinajstić information content (AvgIpc) is 2.62. The summed E-state index contributed by atoms with van der Waals surface area (Å²) in [4.78, 5) is 20.1. The number of nitrogens with zero attached hydrogens (tertiary/aromatic N) is 2. The number of carbonyl (C=O) groups excluding carboxylic acids is 1. The fourth-order valence-corrected chi connectivity index (χ4v) is 2.64. The summed E-state index contributed by atoms with van der Waals surface area (Å²) in [5, 5.41) is 5.55. The third-order valence-corrected chi connectivity index (χ3v) is 5.90. The second-order valence-corrected chi connectivity index (χ2v) is 9.37. The highest BCUT2D eigenvalue weighted by molar-refractivity contribution is 7.87. The number of primary amides is 1. The van der Waals surface area contributed by atoms with Gasteiger partial charge in [0.2, 0.25) is 5.95 Å². The molecule has 0 saturated heterocycles.